The number of fused-ring (bicyclic) bond motifs is 2. The topological polar surface area (TPSA) is 51.4 Å². The zero-order chi connectivity index (χ0) is 15.0. The monoisotopic (exact) mass is 285 g/mol. The summed E-state index contributed by atoms with van der Waals surface area (Å²) in [4.78, 5) is 7.34. The van der Waals surface area contributed by atoms with E-state index in [9.17, 15) is 0 Å². The smallest absolute Gasteiger partial charge is 0.145 e. The number of para-hydroxylation sites is 1. The van der Waals surface area contributed by atoms with Crippen molar-refractivity contribution < 1.29 is 4.74 Å². The lowest BCUT2D eigenvalue weighted by Gasteiger charge is -2.30. The Kier molecular flexibility index (Phi) is 3.83. The van der Waals surface area contributed by atoms with Crippen LogP contribution in [0.2, 0.25) is 0 Å². The minimum absolute atomic E-state index is 0.00633. The van der Waals surface area contributed by atoms with Gasteiger partial charge in [0.15, 0.2) is 0 Å². The van der Waals surface area contributed by atoms with Crippen LogP contribution in [0.15, 0.2) is 18.2 Å². The van der Waals surface area contributed by atoms with Gasteiger partial charge in [0.2, 0.25) is 0 Å². The summed E-state index contributed by atoms with van der Waals surface area (Å²) in [7, 11) is 1.69. The van der Waals surface area contributed by atoms with Gasteiger partial charge in [0, 0.05) is 36.6 Å². The Balaban J connectivity index is 2.29. The zero-order valence-corrected chi connectivity index (χ0v) is 13.0. The summed E-state index contributed by atoms with van der Waals surface area (Å²) in [6.45, 7) is 7.33. The van der Waals surface area contributed by atoms with E-state index in [2.05, 4.69) is 24.8 Å². The average molecular weight is 285 g/mol. The second-order valence-electron chi connectivity index (χ2n) is 5.71. The molecule has 1 aromatic carbocycles. The number of benzene rings is 1. The number of likely N-dealkylation sites (N-methyl/N-ethyl adjacent to an activating group) is 1. The number of nitrogens with zero attached hydrogens (tertiary/aromatic N) is 2. The van der Waals surface area contributed by atoms with Crippen molar-refractivity contribution in [2.45, 2.75) is 32.9 Å². The molecule has 0 aliphatic carbocycles. The summed E-state index contributed by atoms with van der Waals surface area (Å²) >= 11 is 0. The van der Waals surface area contributed by atoms with Gasteiger partial charge in [-0.3, -0.25) is 4.90 Å². The largest absolute Gasteiger partial charge is 0.494 e. The normalized spacial score (nSPS) is 16.8. The fraction of sp³-hybridized carbons (Fsp3) is 0.471. The molecule has 0 radical (unpaired) electrons. The molecule has 1 aliphatic heterocycles. The summed E-state index contributed by atoms with van der Waals surface area (Å²) in [5.41, 5.74) is 11.0. The van der Waals surface area contributed by atoms with E-state index in [4.69, 9.17) is 15.5 Å². The van der Waals surface area contributed by atoms with Crippen molar-refractivity contribution in [3.8, 4) is 5.75 Å². The van der Waals surface area contributed by atoms with Crippen LogP contribution in [0.5, 0.6) is 5.75 Å². The van der Waals surface area contributed by atoms with E-state index in [-0.39, 0.29) is 6.04 Å². The first-order chi connectivity index (χ1) is 10.2. The van der Waals surface area contributed by atoms with Crippen LogP contribution in [0.1, 0.15) is 36.7 Å². The van der Waals surface area contributed by atoms with Crippen LogP contribution in [0.25, 0.3) is 10.9 Å². The molecule has 4 heteroatoms. The summed E-state index contributed by atoms with van der Waals surface area (Å²) in [6.07, 6.45) is 0.983. The van der Waals surface area contributed by atoms with Gasteiger partial charge in [-0.1, -0.05) is 19.1 Å². The Morgan fingerprint density at radius 3 is 2.90 bits per heavy atom. The number of nitrogens with two attached hydrogens (primary N) is 1. The van der Waals surface area contributed by atoms with Crippen molar-refractivity contribution >= 4 is 10.9 Å². The first-order valence-electron chi connectivity index (χ1n) is 7.62. The molecule has 1 aliphatic rings. The lowest BCUT2D eigenvalue weighted by molar-refractivity contribution is 0.264. The number of aromatic nitrogens is 1. The summed E-state index contributed by atoms with van der Waals surface area (Å²) in [5, 5.41) is 1.13. The molecule has 3 rings (SSSR count). The molecule has 4 nitrogen and oxygen atoms in total. The van der Waals surface area contributed by atoms with Crippen LogP contribution in [0.4, 0.5) is 0 Å². The molecular weight excluding hydrogens is 262 g/mol. The van der Waals surface area contributed by atoms with Gasteiger partial charge in [-0.25, -0.2) is 4.98 Å². The zero-order valence-electron chi connectivity index (χ0n) is 13.0. The first kappa shape index (κ1) is 14.3. The van der Waals surface area contributed by atoms with Gasteiger partial charge in [-0.15, -0.1) is 0 Å². The standard InChI is InChI=1S/C17H23N3O/c1-4-20-9-8-14-13(10-20)16(11(2)18)12-6-5-7-15(21-3)17(12)19-14/h5-7,11H,4,8-10,18H2,1-3H3. The molecule has 1 aromatic heterocycles. The van der Waals surface area contributed by atoms with Gasteiger partial charge in [-0.05, 0) is 30.7 Å². The van der Waals surface area contributed by atoms with E-state index < -0.39 is 0 Å². The van der Waals surface area contributed by atoms with E-state index in [0.29, 0.717) is 0 Å². The molecule has 0 saturated heterocycles. The lowest BCUT2D eigenvalue weighted by atomic mass is 9.92. The number of ether oxygens (including phenoxy) is 1. The van der Waals surface area contributed by atoms with Gasteiger partial charge < -0.3 is 10.5 Å². The van der Waals surface area contributed by atoms with Crippen molar-refractivity contribution in [2.75, 3.05) is 20.2 Å². The van der Waals surface area contributed by atoms with E-state index in [1.54, 1.807) is 7.11 Å². The molecular formula is C17H23N3O. The highest BCUT2D eigenvalue weighted by molar-refractivity contribution is 5.89. The second kappa shape index (κ2) is 5.62. The van der Waals surface area contributed by atoms with Crippen molar-refractivity contribution in [3.63, 3.8) is 0 Å². The van der Waals surface area contributed by atoms with Crippen LogP contribution in [0, 0.1) is 0 Å². The Hall–Kier alpha value is -1.65. The van der Waals surface area contributed by atoms with Crippen molar-refractivity contribution in [1.82, 2.24) is 9.88 Å². The Morgan fingerprint density at radius 1 is 1.43 bits per heavy atom. The van der Waals surface area contributed by atoms with Crippen LogP contribution in [-0.4, -0.2) is 30.1 Å². The number of pyridine rings is 1. The quantitative estimate of drug-likeness (QED) is 0.942. The summed E-state index contributed by atoms with van der Waals surface area (Å²) < 4.78 is 5.48. The second-order valence-corrected chi connectivity index (χ2v) is 5.71. The van der Waals surface area contributed by atoms with E-state index in [1.165, 1.54) is 16.8 Å². The van der Waals surface area contributed by atoms with Crippen LogP contribution in [-0.2, 0) is 13.0 Å². The molecule has 21 heavy (non-hydrogen) atoms. The molecule has 2 heterocycles. The average Bonchev–Trinajstić information content (AvgIpc) is 2.51. The number of hydrogen-bond donors (Lipinski definition) is 1. The molecule has 0 amide bonds. The van der Waals surface area contributed by atoms with Gasteiger partial charge >= 0.3 is 0 Å². The van der Waals surface area contributed by atoms with Crippen LogP contribution >= 0.6 is 0 Å². The highest BCUT2D eigenvalue weighted by Crippen LogP contribution is 2.34. The van der Waals surface area contributed by atoms with Crippen LogP contribution in [0.3, 0.4) is 0 Å². The number of hydrogen-bond acceptors (Lipinski definition) is 4. The molecule has 0 bridgehead atoms. The maximum Gasteiger partial charge on any atom is 0.145 e. The lowest BCUT2D eigenvalue weighted by Crippen LogP contribution is -2.32. The third-order valence-corrected chi connectivity index (χ3v) is 4.38. The van der Waals surface area contributed by atoms with Gasteiger partial charge in [-0.2, -0.15) is 0 Å². The van der Waals surface area contributed by atoms with Gasteiger partial charge in [0.05, 0.1) is 7.11 Å². The predicted molar refractivity (Wildman–Crippen MR) is 85.6 cm³/mol. The number of methoxy groups -OCH3 is 1. The molecule has 1 unspecified atom stereocenters. The maximum atomic E-state index is 6.30. The predicted octanol–water partition coefficient (Wildman–Crippen LogP) is 2.64. The molecule has 2 aromatic rings. The van der Waals surface area contributed by atoms with E-state index in [1.807, 2.05) is 12.1 Å². The third-order valence-electron chi connectivity index (χ3n) is 4.38. The summed E-state index contributed by atoms with van der Waals surface area (Å²) in [5.74, 6) is 0.829. The Morgan fingerprint density at radius 2 is 2.24 bits per heavy atom. The van der Waals surface area contributed by atoms with Crippen LogP contribution < -0.4 is 10.5 Å². The van der Waals surface area contributed by atoms with Gasteiger partial charge in [0.25, 0.3) is 0 Å². The summed E-state index contributed by atoms with van der Waals surface area (Å²) in [6, 6.07) is 6.08. The van der Waals surface area contributed by atoms with E-state index >= 15 is 0 Å². The Bertz CT molecular complexity index is 667. The first-order valence-corrected chi connectivity index (χ1v) is 7.62. The van der Waals surface area contributed by atoms with Crippen molar-refractivity contribution in [3.05, 3.63) is 35.0 Å². The highest BCUT2D eigenvalue weighted by Gasteiger charge is 2.24. The molecule has 1 atom stereocenters. The molecule has 0 fully saturated rings. The molecule has 0 spiro atoms. The van der Waals surface area contributed by atoms with Crippen molar-refractivity contribution in [2.24, 2.45) is 5.73 Å². The number of rotatable bonds is 3. The molecule has 2 N–H and O–H groups in total. The van der Waals surface area contributed by atoms with Gasteiger partial charge in [0.1, 0.15) is 11.3 Å². The fourth-order valence-electron chi connectivity index (χ4n) is 3.28. The van der Waals surface area contributed by atoms with Crippen molar-refractivity contribution in [1.29, 1.82) is 0 Å². The highest BCUT2D eigenvalue weighted by atomic mass is 16.5. The third kappa shape index (κ3) is 2.39. The molecule has 0 saturated carbocycles. The minimum atomic E-state index is -0.00633. The Labute approximate surface area is 125 Å². The fourth-order valence-corrected chi connectivity index (χ4v) is 3.28. The van der Waals surface area contributed by atoms with E-state index in [0.717, 1.165) is 42.7 Å². The molecule has 112 valence electrons. The SMILES string of the molecule is CCN1CCc2nc3c(OC)cccc3c(C(C)N)c2C1. The minimum Gasteiger partial charge on any atom is -0.494 e. The maximum absolute atomic E-state index is 6.30.